The molecule has 106 valence electrons. The van der Waals surface area contributed by atoms with Crippen LogP contribution in [-0.2, 0) is 0 Å². The molecular formula is C16H13FN2OS. The fourth-order valence-electron chi connectivity index (χ4n) is 2.06. The van der Waals surface area contributed by atoms with Gasteiger partial charge in [-0.2, -0.15) is 0 Å². The Kier molecular flexibility index (Phi) is 3.75. The third-order valence-corrected chi connectivity index (χ3v) is 4.14. The van der Waals surface area contributed by atoms with Crippen LogP contribution in [0.15, 0.2) is 53.7 Å². The van der Waals surface area contributed by atoms with E-state index in [9.17, 15) is 9.18 Å². The number of aromatic amines is 1. The average Bonchev–Trinajstić information content (AvgIpc) is 2.89. The number of Topliss-reactive ketones (excluding diaryl/α,β-unsaturated/α-hetero) is 1. The van der Waals surface area contributed by atoms with Gasteiger partial charge in [0.25, 0.3) is 0 Å². The van der Waals surface area contributed by atoms with Crippen molar-refractivity contribution in [1.29, 1.82) is 0 Å². The number of halogens is 1. The Morgan fingerprint density at radius 1 is 1.19 bits per heavy atom. The van der Waals surface area contributed by atoms with Crippen molar-refractivity contribution in [2.45, 2.75) is 17.3 Å². The fraction of sp³-hybridized carbons (Fsp3) is 0.125. The van der Waals surface area contributed by atoms with Crippen molar-refractivity contribution < 1.29 is 9.18 Å². The maximum absolute atomic E-state index is 12.9. The minimum Gasteiger partial charge on any atom is -0.333 e. The largest absolute Gasteiger partial charge is 0.333 e. The zero-order valence-corrected chi connectivity index (χ0v) is 12.2. The molecule has 2 aromatic carbocycles. The molecule has 0 saturated carbocycles. The Labute approximate surface area is 125 Å². The van der Waals surface area contributed by atoms with Crippen LogP contribution in [0, 0.1) is 5.82 Å². The number of thioether (sulfide) groups is 1. The maximum atomic E-state index is 12.9. The van der Waals surface area contributed by atoms with E-state index in [1.165, 1.54) is 36.0 Å². The number of rotatable bonds is 4. The molecule has 1 atom stereocenters. The van der Waals surface area contributed by atoms with Gasteiger partial charge in [-0.05, 0) is 43.3 Å². The summed E-state index contributed by atoms with van der Waals surface area (Å²) in [6.07, 6.45) is 0. The van der Waals surface area contributed by atoms with Gasteiger partial charge in [-0.15, -0.1) is 0 Å². The molecule has 1 N–H and O–H groups in total. The molecule has 0 bridgehead atoms. The molecule has 0 saturated heterocycles. The lowest BCUT2D eigenvalue weighted by Gasteiger charge is -2.08. The molecule has 0 aliphatic heterocycles. The highest BCUT2D eigenvalue weighted by Gasteiger charge is 2.18. The van der Waals surface area contributed by atoms with Crippen LogP contribution in [0.5, 0.6) is 0 Å². The number of aromatic nitrogens is 2. The smallest absolute Gasteiger partial charge is 0.175 e. The van der Waals surface area contributed by atoms with Crippen molar-refractivity contribution in [3.05, 3.63) is 59.9 Å². The van der Waals surface area contributed by atoms with Gasteiger partial charge in [-0.25, -0.2) is 9.37 Å². The van der Waals surface area contributed by atoms with Crippen molar-refractivity contribution in [2.24, 2.45) is 0 Å². The number of hydrogen-bond acceptors (Lipinski definition) is 3. The van der Waals surface area contributed by atoms with E-state index in [2.05, 4.69) is 9.97 Å². The van der Waals surface area contributed by atoms with Crippen LogP contribution in [-0.4, -0.2) is 21.0 Å². The van der Waals surface area contributed by atoms with Crippen LogP contribution in [0.25, 0.3) is 11.0 Å². The van der Waals surface area contributed by atoms with Gasteiger partial charge in [0.2, 0.25) is 0 Å². The molecule has 0 fully saturated rings. The summed E-state index contributed by atoms with van der Waals surface area (Å²) in [6.45, 7) is 1.82. The van der Waals surface area contributed by atoms with Crippen molar-refractivity contribution in [3.8, 4) is 0 Å². The van der Waals surface area contributed by atoms with Crippen molar-refractivity contribution in [3.63, 3.8) is 0 Å². The van der Waals surface area contributed by atoms with Crippen LogP contribution < -0.4 is 0 Å². The third kappa shape index (κ3) is 2.97. The summed E-state index contributed by atoms with van der Waals surface area (Å²) >= 11 is 1.37. The summed E-state index contributed by atoms with van der Waals surface area (Å²) in [4.78, 5) is 19.9. The molecule has 1 heterocycles. The van der Waals surface area contributed by atoms with E-state index in [1.807, 2.05) is 31.2 Å². The molecule has 3 aromatic rings. The van der Waals surface area contributed by atoms with Crippen LogP contribution >= 0.6 is 11.8 Å². The van der Waals surface area contributed by atoms with E-state index >= 15 is 0 Å². The van der Waals surface area contributed by atoms with Crippen molar-refractivity contribution in [1.82, 2.24) is 9.97 Å². The number of ketones is 1. The van der Waals surface area contributed by atoms with Crippen LogP contribution in [0.1, 0.15) is 17.3 Å². The quantitative estimate of drug-likeness (QED) is 0.583. The lowest BCUT2D eigenvalue weighted by atomic mass is 10.1. The van der Waals surface area contributed by atoms with Gasteiger partial charge in [0, 0.05) is 5.56 Å². The zero-order valence-electron chi connectivity index (χ0n) is 11.3. The highest BCUT2D eigenvalue weighted by atomic mass is 32.2. The summed E-state index contributed by atoms with van der Waals surface area (Å²) in [7, 11) is 0. The second-order valence-corrected chi connectivity index (χ2v) is 6.02. The number of H-pyrrole nitrogens is 1. The summed E-state index contributed by atoms with van der Waals surface area (Å²) in [6, 6.07) is 13.3. The van der Waals surface area contributed by atoms with E-state index in [1.54, 1.807) is 0 Å². The van der Waals surface area contributed by atoms with E-state index in [0.29, 0.717) is 10.7 Å². The number of para-hydroxylation sites is 2. The molecule has 1 unspecified atom stereocenters. The number of fused-ring (bicyclic) bond motifs is 1. The molecule has 5 heteroatoms. The predicted molar refractivity (Wildman–Crippen MR) is 82.1 cm³/mol. The lowest BCUT2D eigenvalue weighted by molar-refractivity contribution is 0.0994. The molecule has 1 aromatic heterocycles. The third-order valence-electron chi connectivity index (χ3n) is 3.15. The Morgan fingerprint density at radius 3 is 2.62 bits per heavy atom. The molecule has 0 aliphatic rings. The SMILES string of the molecule is CC(Sc1nc2ccccc2[nH]1)C(=O)c1ccc(F)cc1. The topological polar surface area (TPSA) is 45.8 Å². The van der Waals surface area contributed by atoms with Gasteiger partial charge in [-0.1, -0.05) is 23.9 Å². The maximum Gasteiger partial charge on any atom is 0.175 e. The molecule has 3 rings (SSSR count). The lowest BCUT2D eigenvalue weighted by Crippen LogP contribution is -2.13. The fourth-order valence-corrected chi connectivity index (χ4v) is 2.95. The van der Waals surface area contributed by atoms with E-state index in [-0.39, 0.29) is 16.9 Å². The van der Waals surface area contributed by atoms with Gasteiger partial charge in [0.1, 0.15) is 5.82 Å². The molecule has 3 nitrogen and oxygen atoms in total. The van der Waals surface area contributed by atoms with Crippen LogP contribution in [0.4, 0.5) is 4.39 Å². The molecule has 21 heavy (non-hydrogen) atoms. The Morgan fingerprint density at radius 2 is 1.90 bits per heavy atom. The van der Waals surface area contributed by atoms with E-state index in [4.69, 9.17) is 0 Å². The van der Waals surface area contributed by atoms with E-state index in [0.717, 1.165) is 11.0 Å². The van der Waals surface area contributed by atoms with Gasteiger partial charge in [0.15, 0.2) is 10.9 Å². The molecular weight excluding hydrogens is 287 g/mol. The van der Waals surface area contributed by atoms with E-state index < -0.39 is 0 Å². The second-order valence-electron chi connectivity index (χ2n) is 4.69. The molecule has 0 aliphatic carbocycles. The number of nitrogens with zero attached hydrogens (tertiary/aromatic N) is 1. The minimum absolute atomic E-state index is 0.0412. The first-order valence-corrected chi connectivity index (χ1v) is 7.42. The van der Waals surface area contributed by atoms with Crippen LogP contribution in [0.3, 0.4) is 0 Å². The highest BCUT2D eigenvalue weighted by molar-refractivity contribution is 8.00. The Bertz CT molecular complexity index is 749. The summed E-state index contributed by atoms with van der Waals surface area (Å²) in [5, 5.41) is 0.412. The van der Waals surface area contributed by atoms with Gasteiger partial charge in [-0.3, -0.25) is 4.79 Å². The summed E-state index contributed by atoms with van der Waals surface area (Å²) < 4.78 is 12.9. The summed E-state index contributed by atoms with van der Waals surface area (Å²) in [5.41, 5.74) is 2.33. The number of imidazole rings is 1. The number of carbonyl (C=O) groups excluding carboxylic acids is 1. The minimum atomic E-state index is -0.343. The van der Waals surface area contributed by atoms with Crippen molar-refractivity contribution >= 4 is 28.6 Å². The molecule has 0 spiro atoms. The first-order chi connectivity index (χ1) is 10.1. The van der Waals surface area contributed by atoms with Gasteiger partial charge < -0.3 is 4.98 Å². The monoisotopic (exact) mass is 300 g/mol. The standard InChI is InChI=1S/C16H13FN2OS/c1-10(15(20)11-6-8-12(17)9-7-11)21-16-18-13-4-2-3-5-14(13)19-16/h2-10H,1H3,(H,18,19). The molecule has 0 radical (unpaired) electrons. The number of carbonyl (C=O) groups is 1. The zero-order chi connectivity index (χ0) is 14.8. The second kappa shape index (κ2) is 5.69. The van der Waals surface area contributed by atoms with Crippen molar-refractivity contribution in [2.75, 3.05) is 0 Å². The number of nitrogens with one attached hydrogen (secondary N) is 1. The van der Waals surface area contributed by atoms with Gasteiger partial charge >= 0.3 is 0 Å². The number of hydrogen-bond donors (Lipinski definition) is 1. The van der Waals surface area contributed by atoms with Gasteiger partial charge in [0.05, 0.1) is 16.3 Å². The molecule has 0 amide bonds. The average molecular weight is 300 g/mol. The van der Waals surface area contributed by atoms with Crippen LogP contribution in [0.2, 0.25) is 0 Å². The first-order valence-electron chi connectivity index (χ1n) is 6.54. The predicted octanol–water partition coefficient (Wildman–Crippen LogP) is 4.07. The highest BCUT2D eigenvalue weighted by Crippen LogP contribution is 2.25. The summed E-state index contributed by atoms with van der Waals surface area (Å²) in [5.74, 6) is -0.385. The Hall–Kier alpha value is -2.14. The normalized spacial score (nSPS) is 12.5. The Balaban J connectivity index is 1.77. The first kappa shape index (κ1) is 13.8. The number of benzene rings is 2.